The molecule has 4 rings (SSSR count). The molecule has 0 aromatic rings. The second kappa shape index (κ2) is 5.53. The highest BCUT2D eigenvalue weighted by Crippen LogP contribution is 2.70. The predicted molar refractivity (Wildman–Crippen MR) is 97.2 cm³/mol. The van der Waals surface area contributed by atoms with Gasteiger partial charge in [-0.1, -0.05) is 19.1 Å². The van der Waals surface area contributed by atoms with Crippen LogP contribution in [0.25, 0.3) is 0 Å². The Morgan fingerprint density at radius 2 is 1.92 bits per heavy atom. The van der Waals surface area contributed by atoms with Crippen molar-refractivity contribution in [2.45, 2.75) is 65.7 Å². The third kappa shape index (κ3) is 2.16. The van der Waals surface area contributed by atoms with E-state index in [2.05, 4.69) is 13.5 Å². The summed E-state index contributed by atoms with van der Waals surface area (Å²) in [4.78, 5) is 37.7. The number of ketones is 2. The van der Waals surface area contributed by atoms with Crippen LogP contribution in [-0.4, -0.2) is 24.1 Å². The van der Waals surface area contributed by atoms with Gasteiger partial charge in [-0.25, -0.2) is 0 Å². The molecule has 4 saturated carbocycles. The molecule has 2 bridgehead atoms. The Kier molecular flexibility index (Phi) is 3.81. The summed E-state index contributed by atoms with van der Waals surface area (Å²) in [5, 5.41) is 0. The standard InChI is InChI=1S/C22H30O4/c1-13-10-22-11-15(13)5-6-16(22)20(3)8-7-18(24)21(4,12-26-14(2)23)17(20)9-19(22)25/h15-17H,1,5-12H2,2-4H3/t15-,16-,17-,20-,21+,22-/m0/s1. The molecule has 4 heteroatoms. The zero-order chi connectivity index (χ0) is 18.9. The fraction of sp³-hybridized carbons (Fsp3) is 0.773. The van der Waals surface area contributed by atoms with E-state index in [0.717, 1.165) is 32.1 Å². The molecule has 1 spiro atoms. The van der Waals surface area contributed by atoms with Gasteiger partial charge in [0.1, 0.15) is 18.2 Å². The van der Waals surface area contributed by atoms with Gasteiger partial charge in [0.05, 0.1) is 5.41 Å². The highest BCUT2D eigenvalue weighted by atomic mass is 16.5. The molecular weight excluding hydrogens is 328 g/mol. The van der Waals surface area contributed by atoms with Crippen LogP contribution in [0.3, 0.4) is 0 Å². The second-order valence-corrected chi connectivity index (χ2v) is 9.83. The molecule has 4 nitrogen and oxygen atoms in total. The van der Waals surface area contributed by atoms with Crippen molar-refractivity contribution in [2.75, 3.05) is 6.61 Å². The monoisotopic (exact) mass is 358 g/mol. The van der Waals surface area contributed by atoms with Crippen molar-refractivity contribution in [1.82, 2.24) is 0 Å². The molecule has 0 aromatic heterocycles. The number of hydrogen-bond acceptors (Lipinski definition) is 4. The van der Waals surface area contributed by atoms with Gasteiger partial charge in [0.2, 0.25) is 0 Å². The number of carbonyl (C=O) groups is 3. The number of fused-ring (bicyclic) bond motifs is 3. The molecular formula is C22H30O4. The molecule has 0 saturated heterocycles. The topological polar surface area (TPSA) is 60.4 Å². The molecule has 26 heavy (non-hydrogen) atoms. The van der Waals surface area contributed by atoms with E-state index in [0.29, 0.717) is 30.5 Å². The molecule has 0 N–H and O–H groups in total. The molecule has 4 aliphatic carbocycles. The summed E-state index contributed by atoms with van der Waals surface area (Å²) in [5.74, 6) is 0.905. The normalized spacial score (nSPS) is 47.3. The maximum absolute atomic E-state index is 13.4. The van der Waals surface area contributed by atoms with Crippen LogP contribution in [0.1, 0.15) is 65.7 Å². The fourth-order valence-corrected chi connectivity index (χ4v) is 7.25. The van der Waals surface area contributed by atoms with Crippen LogP contribution in [0.5, 0.6) is 0 Å². The van der Waals surface area contributed by atoms with Crippen LogP contribution in [0.15, 0.2) is 12.2 Å². The van der Waals surface area contributed by atoms with Crippen molar-refractivity contribution in [1.29, 1.82) is 0 Å². The van der Waals surface area contributed by atoms with E-state index >= 15 is 0 Å². The van der Waals surface area contributed by atoms with Crippen molar-refractivity contribution < 1.29 is 19.1 Å². The third-order valence-electron chi connectivity index (χ3n) is 8.61. The van der Waals surface area contributed by atoms with E-state index in [1.165, 1.54) is 12.5 Å². The highest BCUT2D eigenvalue weighted by Gasteiger charge is 2.68. The summed E-state index contributed by atoms with van der Waals surface area (Å²) in [6.45, 7) is 9.97. The first-order chi connectivity index (χ1) is 12.1. The average Bonchev–Trinajstić information content (AvgIpc) is 2.83. The molecule has 0 amide bonds. The lowest BCUT2D eigenvalue weighted by Gasteiger charge is -2.62. The Balaban J connectivity index is 1.74. The first kappa shape index (κ1) is 17.9. The van der Waals surface area contributed by atoms with E-state index < -0.39 is 5.41 Å². The predicted octanol–water partition coefficient (Wildman–Crippen LogP) is 3.88. The van der Waals surface area contributed by atoms with E-state index in [4.69, 9.17) is 4.74 Å². The van der Waals surface area contributed by atoms with Crippen LogP contribution in [-0.2, 0) is 19.1 Å². The maximum Gasteiger partial charge on any atom is 0.302 e. The zero-order valence-electron chi connectivity index (χ0n) is 16.2. The number of Topliss-reactive ketones (excluding diaryl/α,β-unsaturated/α-hetero) is 2. The van der Waals surface area contributed by atoms with Gasteiger partial charge in [-0.05, 0) is 62.2 Å². The van der Waals surface area contributed by atoms with Crippen LogP contribution < -0.4 is 0 Å². The number of allylic oxidation sites excluding steroid dienone is 1. The number of hydrogen-bond donors (Lipinski definition) is 0. The highest BCUT2D eigenvalue weighted by molar-refractivity contribution is 5.92. The Bertz CT molecular complexity index is 709. The quantitative estimate of drug-likeness (QED) is 0.555. The molecule has 142 valence electrons. The summed E-state index contributed by atoms with van der Waals surface area (Å²) in [6, 6.07) is 0. The van der Waals surface area contributed by atoms with Gasteiger partial charge in [0.15, 0.2) is 0 Å². The summed E-state index contributed by atoms with van der Waals surface area (Å²) in [6.07, 6.45) is 5.80. The maximum atomic E-state index is 13.4. The lowest BCUT2D eigenvalue weighted by molar-refractivity contribution is -0.183. The number of esters is 1. The molecule has 0 heterocycles. The van der Waals surface area contributed by atoms with Gasteiger partial charge in [0, 0.05) is 25.2 Å². The zero-order valence-corrected chi connectivity index (χ0v) is 16.2. The Hall–Kier alpha value is -1.45. The number of ether oxygens (including phenoxy) is 1. The minimum Gasteiger partial charge on any atom is -0.465 e. The van der Waals surface area contributed by atoms with Crippen molar-refractivity contribution in [3.05, 3.63) is 12.2 Å². The van der Waals surface area contributed by atoms with E-state index in [1.54, 1.807) is 0 Å². The molecule has 0 unspecified atom stereocenters. The van der Waals surface area contributed by atoms with Gasteiger partial charge < -0.3 is 4.74 Å². The third-order valence-corrected chi connectivity index (χ3v) is 8.61. The smallest absolute Gasteiger partial charge is 0.302 e. The van der Waals surface area contributed by atoms with E-state index in [-0.39, 0.29) is 35.1 Å². The lowest BCUT2D eigenvalue weighted by Crippen LogP contribution is -2.63. The first-order valence-corrected chi connectivity index (χ1v) is 10.0. The molecule has 0 aliphatic heterocycles. The van der Waals surface area contributed by atoms with Crippen LogP contribution in [0.4, 0.5) is 0 Å². The summed E-state index contributed by atoms with van der Waals surface area (Å²) in [7, 11) is 0. The Morgan fingerprint density at radius 3 is 2.62 bits per heavy atom. The second-order valence-electron chi connectivity index (χ2n) is 9.83. The largest absolute Gasteiger partial charge is 0.465 e. The number of rotatable bonds is 2. The van der Waals surface area contributed by atoms with Crippen LogP contribution >= 0.6 is 0 Å². The van der Waals surface area contributed by atoms with Gasteiger partial charge in [0.25, 0.3) is 0 Å². The fourth-order valence-electron chi connectivity index (χ4n) is 7.25. The first-order valence-electron chi connectivity index (χ1n) is 10.0. The van der Waals surface area contributed by atoms with E-state index in [9.17, 15) is 14.4 Å². The molecule has 4 aliphatic rings. The summed E-state index contributed by atoms with van der Waals surface area (Å²) >= 11 is 0. The summed E-state index contributed by atoms with van der Waals surface area (Å²) < 4.78 is 5.31. The molecule has 4 fully saturated rings. The van der Waals surface area contributed by atoms with Gasteiger partial charge in [-0.15, -0.1) is 0 Å². The van der Waals surface area contributed by atoms with Crippen molar-refractivity contribution >= 4 is 17.5 Å². The Labute approximate surface area is 155 Å². The van der Waals surface area contributed by atoms with Crippen LogP contribution in [0.2, 0.25) is 0 Å². The van der Waals surface area contributed by atoms with Crippen molar-refractivity contribution in [3.8, 4) is 0 Å². The van der Waals surface area contributed by atoms with Crippen LogP contribution in [0, 0.1) is 34.0 Å². The number of carbonyl (C=O) groups excluding carboxylic acids is 3. The SMILES string of the molecule is C=C1C[C@]23C[C@@H]1CC[C@H]2[C@]1(C)CCC(=O)[C@](C)(COC(C)=O)[C@H]1CC3=O. The van der Waals surface area contributed by atoms with E-state index in [1.807, 2.05) is 6.92 Å². The lowest BCUT2D eigenvalue weighted by atomic mass is 9.40. The Morgan fingerprint density at radius 1 is 1.19 bits per heavy atom. The van der Waals surface area contributed by atoms with Gasteiger partial charge in [-0.2, -0.15) is 0 Å². The average molecular weight is 358 g/mol. The minimum absolute atomic E-state index is 0.0378. The summed E-state index contributed by atoms with van der Waals surface area (Å²) in [5.41, 5.74) is 0.223. The molecule has 6 atom stereocenters. The van der Waals surface area contributed by atoms with Crippen molar-refractivity contribution in [2.24, 2.45) is 34.0 Å². The molecule has 0 aromatic carbocycles. The van der Waals surface area contributed by atoms with Gasteiger partial charge in [-0.3, -0.25) is 14.4 Å². The minimum atomic E-state index is -0.748. The molecule has 0 radical (unpaired) electrons. The van der Waals surface area contributed by atoms with Crippen molar-refractivity contribution in [3.63, 3.8) is 0 Å². The van der Waals surface area contributed by atoms with Gasteiger partial charge >= 0.3 is 5.97 Å².